The molecule has 1 aliphatic rings. The number of carbonyl (C=O) groups is 1. The van der Waals surface area contributed by atoms with E-state index in [4.69, 9.17) is 4.74 Å². The predicted molar refractivity (Wildman–Crippen MR) is 148 cm³/mol. The molecule has 5 rings (SSSR count). The topological polar surface area (TPSA) is 92.0 Å². The molecule has 1 atom stereocenters. The average Bonchev–Trinajstić information content (AvgIpc) is 3.28. The summed E-state index contributed by atoms with van der Waals surface area (Å²) in [4.78, 5) is 19.7. The van der Waals surface area contributed by atoms with Gasteiger partial charge in [0.2, 0.25) is 5.91 Å². The van der Waals surface area contributed by atoms with Crippen LogP contribution >= 0.6 is 0 Å². The normalized spacial score (nSPS) is 14.8. The van der Waals surface area contributed by atoms with Crippen LogP contribution in [0.2, 0.25) is 0 Å². The third-order valence-electron chi connectivity index (χ3n) is 6.76. The Hall–Kier alpha value is -3.91. The van der Waals surface area contributed by atoms with Gasteiger partial charge in [-0.05, 0) is 63.4 Å². The minimum absolute atomic E-state index is 0.000936. The Morgan fingerprint density at radius 3 is 2.47 bits per heavy atom. The summed E-state index contributed by atoms with van der Waals surface area (Å²) >= 11 is 0. The molecule has 0 aliphatic carbocycles. The minimum atomic E-state index is -0.247. The number of ether oxygens (including phenoxy) is 1. The van der Waals surface area contributed by atoms with Crippen LogP contribution in [-0.2, 0) is 4.79 Å². The number of fused-ring (bicyclic) bond motifs is 1. The van der Waals surface area contributed by atoms with Crippen molar-refractivity contribution in [3.8, 4) is 16.9 Å². The molecule has 0 unspecified atom stereocenters. The number of nitrogens with zero attached hydrogens (tertiary/aromatic N) is 4. The van der Waals surface area contributed by atoms with Crippen molar-refractivity contribution in [2.75, 3.05) is 24.6 Å². The Morgan fingerprint density at radius 1 is 1.11 bits per heavy atom. The molecule has 2 aromatic carbocycles. The molecule has 38 heavy (non-hydrogen) atoms. The number of carbonyl (C=O) groups excluding carboxylic acids is 1. The number of aryl methyl sites for hydroxylation is 1. The van der Waals surface area contributed by atoms with Gasteiger partial charge in [-0.2, -0.15) is 5.10 Å². The van der Waals surface area contributed by atoms with Crippen molar-refractivity contribution in [3.63, 3.8) is 0 Å². The molecule has 3 heterocycles. The molecule has 4 aromatic rings. The maximum Gasteiger partial charge on any atom is 0.227 e. The van der Waals surface area contributed by atoms with Crippen molar-refractivity contribution in [1.29, 1.82) is 0 Å². The summed E-state index contributed by atoms with van der Waals surface area (Å²) in [6.45, 7) is 9.30. The highest BCUT2D eigenvalue weighted by Crippen LogP contribution is 2.32. The van der Waals surface area contributed by atoms with E-state index in [0.29, 0.717) is 19.5 Å². The van der Waals surface area contributed by atoms with E-state index < -0.39 is 0 Å². The number of aromatic nitrogens is 3. The van der Waals surface area contributed by atoms with Crippen LogP contribution in [0.25, 0.3) is 16.6 Å². The fourth-order valence-electron chi connectivity index (χ4n) is 4.74. The van der Waals surface area contributed by atoms with Crippen molar-refractivity contribution in [1.82, 2.24) is 19.9 Å². The van der Waals surface area contributed by atoms with E-state index in [2.05, 4.69) is 26.4 Å². The molecule has 198 valence electrons. The van der Waals surface area contributed by atoms with Crippen LogP contribution in [-0.4, -0.2) is 50.9 Å². The smallest absolute Gasteiger partial charge is 0.227 e. The summed E-state index contributed by atoms with van der Waals surface area (Å²) in [5.41, 5.74) is 4.92. The van der Waals surface area contributed by atoms with Gasteiger partial charge in [0, 0.05) is 31.5 Å². The van der Waals surface area contributed by atoms with Crippen LogP contribution in [0.1, 0.15) is 44.4 Å². The van der Waals surface area contributed by atoms with Gasteiger partial charge in [0.15, 0.2) is 5.82 Å². The molecule has 1 saturated heterocycles. The van der Waals surface area contributed by atoms with Gasteiger partial charge < -0.3 is 20.1 Å². The zero-order valence-electron chi connectivity index (χ0n) is 22.4. The molecule has 1 aliphatic heterocycles. The van der Waals surface area contributed by atoms with Crippen molar-refractivity contribution >= 4 is 17.2 Å². The molecule has 1 amide bonds. The van der Waals surface area contributed by atoms with E-state index in [-0.39, 0.29) is 30.1 Å². The summed E-state index contributed by atoms with van der Waals surface area (Å²) in [7, 11) is 0. The zero-order chi connectivity index (χ0) is 26.9. The van der Waals surface area contributed by atoms with Gasteiger partial charge in [-0.3, -0.25) is 4.79 Å². The number of aliphatic hydroxyl groups is 1. The average molecular weight is 514 g/mol. The molecule has 8 heteroatoms. The Balaban J connectivity index is 1.26. The lowest BCUT2D eigenvalue weighted by Crippen LogP contribution is -2.54. The second-order valence-corrected chi connectivity index (χ2v) is 11.0. The summed E-state index contributed by atoms with van der Waals surface area (Å²) < 4.78 is 7.77. The number of amides is 1. The molecule has 0 spiro atoms. The Morgan fingerprint density at radius 2 is 1.82 bits per heavy atom. The maximum atomic E-state index is 13.0. The third-order valence-corrected chi connectivity index (χ3v) is 6.76. The summed E-state index contributed by atoms with van der Waals surface area (Å²) in [6.07, 6.45) is 4.02. The minimum Gasteiger partial charge on any atom is -0.488 e. The summed E-state index contributed by atoms with van der Waals surface area (Å²) in [5.74, 6) is 1.51. The van der Waals surface area contributed by atoms with Crippen molar-refractivity contribution in [3.05, 3.63) is 78.2 Å². The zero-order valence-corrected chi connectivity index (χ0v) is 22.4. The lowest BCUT2D eigenvalue weighted by atomic mass is 9.96. The number of anilines is 1. The van der Waals surface area contributed by atoms with E-state index in [9.17, 15) is 9.90 Å². The third kappa shape index (κ3) is 5.65. The van der Waals surface area contributed by atoms with E-state index >= 15 is 0 Å². The Kier molecular flexibility index (Phi) is 7.08. The van der Waals surface area contributed by atoms with E-state index in [1.54, 1.807) is 6.33 Å². The largest absolute Gasteiger partial charge is 0.488 e. The van der Waals surface area contributed by atoms with Crippen molar-refractivity contribution in [2.45, 2.75) is 45.8 Å². The quantitative estimate of drug-likeness (QED) is 0.359. The van der Waals surface area contributed by atoms with Gasteiger partial charge in [0.05, 0.1) is 12.0 Å². The van der Waals surface area contributed by atoms with E-state index in [0.717, 1.165) is 39.3 Å². The number of benzene rings is 2. The highest BCUT2D eigenvalue weighted by atomic mass is 16.5. The van der Waals surface area contributed by atoms with Crippen LogP contribution in [0.3, 0.4) is 0 Å². The van der Waals surface area contributed by atoms with Gasteiger partial charge >= 0.3 is 0 Å². The van der Waals surface area contributed by atoms with Crippen molar-refractivity contribution < 1.29 is 14.6 Å². The Bertz CT molecular complexity index is 1400. The lowest BCUT2D eigenvalue weighted by molar-refractivity contribution is -0.126. The molecule has 0 saturated carbocycles. The number of nitrogens with one attached hydrogen (secondary N) is 1. The molecular formula is C30H35N5O3. The first-order valence-corrected chi connectivity index (χ1v) is 13.1. The molecule has 2 N–H and O–H groups in total. The summed E-state index contributed by atoms with van der Waals surface area (Å²) in [6, 6.07) is 18.0. The summed E-state index contributed by atoms with van der Waals surface area (Å²) in [5, 5.41) is 17.1. The van der Waals surface area contributed by atoms with Gasteiger partial charge in [0.1, 0.15) is 23.2 Å². The van der Waals surface area contributed by atoms with E-state index in [1.807, 2.05) is 86.9 Å². The lowest BCUT2D eigenvalue weighted by Gasteiger charge is -2.39. The SMILES string of the molecule is Cc1ccc([C@H](CCO)NC(=O)C2CN(c3ncnn4cc(-c5ccc(OC(C)(C)C)cc5)cc34)C2)cc1. The number of rotatable bonds is 8. The Labute approximate surface area is 223 Å². The van der Waals surface area contributed by atoms with Crippen molar-refractivity contribution in [2.24, 2.45) is 5.92 Å². The molecule has 1 fully saturated rings. The molecule has 8 nitrogen and oxygen atoms in total. The molecule has 0 radical (unpaired) electrons. The molecule has 2 aromatic heterocycles. The van der Waals surface area contributed by atoms with Crippen LogP contribution in [0.5, 0.6) is 5.75 Å². The highest BCUT2D eigenvalue weighted by molar-refractivity contribution is 5.84. The molecular weight excluding hydrogens is 478 g/mol. The van der Waals surface area contributed by atoms with E-state index in [1.165, 1.54) is 0 Å². The molecule has 0 bridgehead atoms. The fourth-order valence-corrected chi connectivity index (χ4v) is 4.74. The first-order chi connectivity index (χ1) is 18.2. The number of aliphatic hydroxyl groups excluding tert-OH is 1. The van der Waals surface area contributed by atoms with Gasteiger partial charge in [-0.1, -0.05) is 42.0 Å². The van der Waals surface area contributed by atoms with Gasteiger partial charge in [-0.15, -0.1) is 0 Å². The second-order valence-electron chi connectivity index (χ2n) is 11.0. The highest BCUT2D eigenvalue weighted by Gasteiger charge is 2.35. The van der Waals surface area contributed by atoms with Crippen LogP contribution in [0.15, 0.2) is 67.1 Å². The van der Waals surface area contributed by atoms with Gasteiger partial charge in [0.25, 0.3) is 0 Å². The second kappa shape index (κ2) is 10.5. The number of hydrogen-bond donors (Lipinski definition) is 2. The first kappa shape index (κ1) is 25.7. The van der Waals surface area contributed by atoms with Crippen LogP contribution < -0.4 is 15.0 Å². The standard InChI is InChI=1S/C30H35N5O3/c1-20-5-7-22(8-6-20)26(13-14-36)33-29(37)24-16-34(17-24)28-27-15-23(18-35(27)32-19-31-28)21-9-11-25(12-10-21)38-30(2,3)4/h5-12,15,18-19,24,26,36H,13-14,16-17H2,1-4H3,(H,33,37)/t26-/m0/s1. The maximum absolute atomic E-state index is 13.0. The predicted octanol–water partition coefficient (Wildman–Crippen LogP) is 4.56. The van der Waals surface area contributed by atoms with Crippen LogP contribution in [0.4, 0.5) is 5.82 Å². The van der Waals surface area contributed by atoms with Gasteiger partial charge in [-0.25, -0.2) is 9.50 Å². The fraction of sp³-hybridized carbons (Fsp3) is 0.367. The first-order valence-electron chi connectivity index (χ1n) is 13.1. The van der Waals surface area contributed by atoms with Crippen LogP contribution in [0, 0.1) is 12.8 Å². The monoisotopic (exact) mass is 513 g/mol. The number of hydrogen-bond acceptors (Lipinski definition) is 6.